The Kier molecular flexibility index (Phi) is 4.11. The minimum Gasteiger partial charge on any atom is -0.482 e. The Morgan fingerprint density at radius 3 is 2.77 bits per heavy atom. The Morgan fingerprint density at radius 2 is 2.00 bits per heavy atom. The van der Waals surface area contributed by atoms with Gasteiger partial charge >= 0.3 is 0 Å². The van der Waals surface area contributed by atoms with Gasteiger partial charge in [-0.1, -0.05) is 28.1 Å². The summed E-state index contributed by atoms with van der Waals surface area (Å²) in [6.07, 6.45) is 0.285. The number of amides is 2. The third-order valence-electron chi connectivity index (χ3n) is 3.17. The van der Waals surface area contributed by atoms with E-state index >= 15 is 0 Å². The topological polar surface area (TPSA) is 67.4 Å². The zero-order valence-corrected chi connectivity index (χ0v) is 13.1. The van der Waals surface area contributed by atoms with Crippen LogP contribution in [0.15, 0.2) is 46.9 Å². The van der Waals surface area contributed by atoms with E-state index < -0.39 is 0 Å². The van der Waals surface area contributed by atoms with Crippen molar-refractivity contribution >= 4 is 39.1 Å². The Bertz CT molecular complexity index is 729. The first-order valence-corrected chi connectivity index (χ1v) is 7.50. The van der Waals surface area contributed by atoms with E-state index in [1.165, 1.54) is 0 Å². The summed E-state index contributed by atoms with van der Waals surface area (Å²) in [6.45, 7) is 0.0161. The molecule has 2 aromatic rings. The minimum atomic E-state index is -0.203. The van der Waals surface area contributed by atoms with Crippen LogP contribution in [0.25, 0.3) is 0 Å². The number of hydrogen-bond donors (Lipinski definition) is 2. The number of benzene rings is 2. The van der Waals surface area contributed by atoms with E-state index in [0.29, 0.717) is 17.1 Å². The van der Waals surface area contributed by atoms with Crippen LogP contribution in [0.2, 0.25) is 0 Å². The van der Waals surface area contributed by atoms with Crippen LogP contribution in [0.5, 0.6) is 5.75 Å². The smallest absolute Gasteiger partial charge is 0.262 e. The molecule has 0 bridgehead atoms. The molecule has 1 heterocycles. The second-order valence-corrected chi connectivity index (χ2v) is 5.81. The predicted molar refractivity (Wildman–Crippen MR) is 87.0 cm³/mol. The van der Waals surface area contributed by atoms with Crippen molar-refractivity contribution in [1.82, 2.24) is 0 Å². The summed E-state index contributed by atoms with van der Waals surface area (Å²) in [5.41, 5.74) is 2.11. The average Bonchev–Trinajstić information content (AvgIpc) is 2.49. The van der Waals surface area contributed by atoms with Crippen LogP contribution in [0, 0.1) is 0 Å². The van der Waals surface area contributed by atoms with Gasteiger partial charge in [0.25, 0.3) is 5.91 Å². The number of anilines is 2. The van der Waals surface area contributed by atoms with Gasteiger partial charge in [-0.15, -0.1) is 0 Å². The van der Waals surface area contributed by atoms with Crippen LogP contribution in [-0.2, 0) is 16.0 Å². The van der Waals surface area contributed by atoms with Gasteiger partial charge in [0.2, 0.25) is 5.91 Å². The van der Waals surface area contributed by atoms with Gasteiger partial charge in [0.05, 0.1) is 12.1 Å². The quantitative estimate of drug-likeness (QED) is 0.883. The summed E-state index contributed by atoms with van der Waals surface area (Å²) >= 11 is 3.36. The molecule has 0 spiro atoms. The van der Waals surface area contributed by atoms with Crippen LogP contribution in [0.4, 0.5) is 11.4 Å². The number of ether oxygens (including phenoxy) is 1. The van der Waals surface area contributed by atoms with Gasteiger partial charge in [0, 0.05) is 10.2 Å². The monoisotopic (exact) mass is 360 g/mol. The Labute approximate surface area is 135 Å². The zero-order chi connectivity index (χ0) is 15.5. The number of carbonyl (C=O) groups is 2. The third-order valence-corrected chi connectivity index (χ3v) is 3.70. The molecule has 5 nitrogen and oxygen atoms in total. The first-order valence-electron chi connectivity index (χ1n) is 6.71. The second-order valence-electron chi connectivity index (χ2n) is 4.90. The molecular formula is C16H13BrN2O3. The number of nitrogens with one attached hydrogen (secondary N) is 2. The van der Waals surface area contributed by atoms with Crippen molar-refractivity contribution in [3.8, 4) is 5.75 Å². The molecule has 0 radical (unpaired) electrons. The molecule has 2 N–H and O–H groups in total. The van der Waals surface area contributed by atoms with Crippen LogP contribution in [-0.4, -0.2) is 18.4 Å². The maximum atomic E-state index is 12.1. The van der Waals surface area contributed by atoms with Crippen molar-refractivity contribution in [2.75, 3.05) is 17.2 Å². The minimum absolute atomic E-state index is 0.0161. The van der Waals surface area contributed by atoms with Crippen molar-refractivity contribution in [3.05, 3.63) is 52.5 Å². The van der Waals surface area contributed by atoms with Crippen LogP contribution < -0.4 is 15.4 Å². The van der Waals surface area contributed by atoms with E-state index in [0.717, 1.165) is 10.0 Å². The van der Waals surface area contributed by atoms with Crippen LogP contribution in [0.3, 0.4) is 0 Å². The highest BCUT2D eigenvalue weighted by Gasteiger charge is 2.16. The van der Waals surface area contributed by atoms with Gasteiger partial charge in [0.1, 0.15) is 5.75 Å². The summed E-state index contributed by atoms with van der Waals surface area (Å²) < 4.78 is 6.25. The highest BCUT2D eigenvalue weighted by molar-refractivity contribution is 9.10. The fourth-order valence-corrected chi connectivity index (χ4v) is 2.42. The van der Waals surface area contributed by atoms with E-state index in [1.54, 1.807) is 18.2 Å². The summed E-state index contributed by atoms with van der Waals surface area (Å²) in [5.74, 6) is 0.279. The number of carbonyl (C=O) groups excluding carboxylic acids is 2. The average molecular weight is 361 g/mol. The van der Waals surface area contributed by atoms with E-state index in [2.05, 4.69) is 26.6 Å². The lowest BCUT2D eigenvalue weighted by Crippen LogP contribution is -2.25. The van der Waals surface area contributed by atoms with Crippen molar-refractivity contribution in [3.63, 3.8) is 0 Å². The molecule has 0 aromatic heterocycles. The Hall–Kier alpha value is -2.34. The fraction of sp³-hybridized carbons (Fsp3) is 0.125. The van der Waals surface area contributed by atoms with Crippen LogP contribution in [0.1, 0.15) is 5.56 Å². The number of halogens is 1. The predicted octanol–water partition coefficient (Wildman–Crippen LogP) is 2.96. The zero-order valence-electron chi connectivity index (χ0n) is 11.6. The SMILES string of the molecule is O=C(Cc1ccc(Br)cc1)Nc1ccc2c(c1)NC(=O)CO2. The molecule has 1 aliphatic heterocycles. The standard InChI is InChI=1S/C16H13BrN2O3/c17-11-3-1-10(2-4-11)7-15(20)18-12-5-6-14-13(8-12)19-16(21)9-22-14/h1-6,8H,7,9H2,(H,18,20)(H,19,21). The first kappa shape index (κ1) is 14.6. The number of rotatable bonds is 3. The Balaban J connectivity index is 1.67. The summed E-state index contributed by atoms with van der Waals surface area (Å²) in [6, 6.07) is 12.7. The van der Waals surface area contributed by atoms with Gasteiger partial charge in [-0.05, 0) is 35.9 Å². The molecule has 3 rings (SSSR count). The molecule has 0 fully saturated rings. The van der Waals surface area contributed by atoms with Gasteiger partial charge in [0.15, 0.2) is 6.61 Å². The van der Waals surface area contributed by atoms with Gasteiger partial charge in [-0.3, -0.25) is 9.59 Å². The number of fused-ring (bicyclic) bond motifs is 1. The summed E-state index contributed by atoms with van der Waals surface area (Å²) in [7, 11) is 0. The molecule has 1 aliphatic rings. The lowest BCUT2D eigenvalue weighted by molar-refractivity contribution is -0.118. The van der Waals surface area contributed by atoms with E-state index in [4.69, 9.17) is 4.74 Å². The molecule has 0 unspecified atom stereocenters. The van der Waals surface area contributed by atoms with Crippen molar-refractivity contribution < 1.29 is 14.3 Å². The lowest BCUT2D eigenvalue weighted by Gasteiger charge is -2.18. The molecule has 0 atom stereocenters. The van der Waals surface area contributed by atoms with E-state index in [1.807, 2.05) is 24.3 Å². The first-order chi connectivity index (χ1) is 10.6. The van der Waals surface area contributed by atoms with Crippen molar-refractivity contribution in [2.24, 2.45) is 0 Å². The van der Waals surface area contributed by atoms with Crippen molar-refractivity contribution in [1.29, 1.82) is 0 Å². The highest BCUT2D eigenvalue weighted by Crippen LogP contribution is 2.30. The molecule has 112 valence electrons. The maximum Gasteiger partial charge on any atom is 0.262 e. The molecule has 0 aliphatic carbocycles. The largest absolute Gasteiger partial charge is 0.482 e. The third kappa shape index (κ3) is 3.46. The highest BCUT2D eigenvalue weighted by atomic mass is 79.9. The normalized spacial score (nSPS) is 12.9. The van der Waals surface area contributed by atoms with Gasteiger partial charge in [-0.25, -0.2) is 0 Å². The molecular weight excluding hydrogens is 348 g/mol. The molecule has 6 heteroatoms. The van der Waals surface area contributed by atoms with E-state index in [-0.39, 0.29) is 24.8 Å². The molecule has 2 aromatic carbocycles. The van der Waals surface area contributed by atoms with Gasteiger partial charge < -0.3 is 15.4 Å². The van der Waals surface area contributed by atoms with Crippen molar-refractivity contribution in [2.45, 2.75) is 6.42 Å². The second kappa shape index (κ2) is 6.19. The molecule has 0 saturated carbocycles. The van der Waals surface area contributed by atoms with E-state index in [9.17, 15) is 9.59 Å². The fourth-order valence-electron chi connectivity index (χ4n) is 2.15. The van der Waals surface area contributed by atoms with Crippen LogP contribution >= 0.6 is 15.9 Å². The number of hydrogen-bond acceptors (Lipinski definition) is 3. The maximum absolute atomic E-state index is 12.1. The van der Waals surface area contributed by atoms with Gasteiger partial charge in [-0.2, -0.15) is 0 Å². The molecule has 22 heavy (non-hydrogen) atoms. The molecule has 0 saturated heterocycles. The summed E-state index contributed by atoms with van der Waals surface area (Å²) in [4.78, 5) is 23.4. The molecule has 2 amide bonds. The summed E-state index contributed by atoms with van der Waals surface area (Å²) in [5, 5.41) is 5.52. The Morgan fingerprint density at radius 1 is 1.23 bits per heavy atom. The lowest BCUT2D eigenvalue weighted by atomic mass is 10.1.